The van der Waals surface area contributed by atoms with Gasteiger partial charge in [-0.25, -0.2) is 4.98 Å². The Balaban J connectivity index is 1.42. The number of nitrogens with zero attached hydrogens (tertiary/aromatic N) is 3. The molecule has 1 aliphatic rings. The second-order valence-electron chi connectivity index (χ2n) is 7.17. The van der Waals surface area contributed by atoms with Crippen LogP contribution in [0.4, 0.5) is 0 Å². The highest BCUT2D eigenvalue weighted by Gasteiger charge is 2.19. The molecule has 0 radical (unpaired) electrons. The van der Waals surface area contributed by atoms with Gasteiger partial charge in [0.05, 0.1) is 14.2 Å². The van der Waals surface area contributed by atoms with Crippen molar-refractivity contribution in [2.75, 3.05) is 47.4 Å². The van der Waals surface area contributed by atoms with Crippen molar-refractivity contribution in [3.8, 4) is 11.5 Å². The van der Waals surface area contributed by atoms with Crippen LogP contribution in [0.5, 0.6) is 11.5 Å². The van der Waals surface area contributed by atoms with Gasteiger partial charge in [-0.1, -0.05) is 17.7 Å². The molecule has 0 unspecified atom stereocenters. The summed E-state index contributed by atoms with van der Waals surface area (Å²) in [5.74, 6) is 2.40. The number of nitrogens with one attached hydrogen (secondary N) is 2. The minimum atomic E-state index is 0.516. The van der Waals surface area contributed by atoms with E-state index < -0.39 is 0 Å². The van der Waals surface area contributed by atoms with Gasteiger partial charge in [0.2, 0.25) is 0 Å². The van der Waals surface area contributed by atoms with Crippen LogP contribution in [0.25, 0.3) is 0 Å². The first-order chi connectivity index (χ1) is 14.6. The SMILES string of the molecule is CN=C(NCCc1ccc(Cl)nc1)NCCN1CCc2cc(OC)c(OC)cc2C1. The summed E-state index contributed by atoms with van der Waals surface area (Å²) in [5.41, 5.74) is 3.78. The van der Waals surface area contributed by atoms with Crippen molar-refractivity contribution < 1.29 is 9.47 Å². The molecule has 0 saturated heterocycles. The molecule has 3 rings (SSSR count). The molecular weight excluding hydrogens is 402 g/mol. The van der Waals surface area contributed by atoms with Crippen LogP contribution in [-0.2, 0) is 19.4 Å². The highest BCUT2D eigenvalue weighted by Crippen LogP contribution is 2.33. The maximum absolute atomic E-state index is 5.82. The Bertz CT molecular complexity index is 857. The zero-order valence-corrected chi connectivity index (χ0v) is 18.6. The van der Waals surface area contributed by atoms with Gasteiger partial charge in [0.25, 0.3) is 0 Å². The zero-order valence-electron chi connectivity index (χ0n) is 17.9. The smallest absolute Gasteiger partial charge is 0.191 e. The standard InChI is InChI=1S/C22H30ClN5O2/c1-24-22(25-8-6-16-4-5-21(23)27-14-16)26-9-11-28-10-7-17-12-19(29-2)20(30-3)13-18(17)15-28/h4-5,12-14H,6-11,15H2,1-3H3,(H2,24,25,26). The van der Waals surface area contributed by atoms with E-state index in [0.29, 0.717) is 5.15 Å². The average molecular weight is 432 g/mol. The van der Waals surface area contributed by atoms with E-state index in [9.17, 15) is 0 Å². The van der Waals surface area contributed by atoms with E-state index in [0.717, 1.165) is 68.6 Å². The van der Waals surface area contributed by atoms with Crippen LogP contribution in [-0.4, -0.2) is 63.3 Å². The zero-order chi connectivity index (χ0) is 21.3. The molecule has 0 spiro atoms. The number of rotatable bonds is 8. The van der Waals surface area contributed by atoms with Crippen LogP contribution >= 0.6 is 11.6 Å². The Morgan fingerprint density at radius 3 is 2.53 bits per heavy atom. The lowest BCUT2D eigenvalue weighted by Gasteiger charge is -2.29. The minimum absolute atomic E-state index is 0.516. The predicted molar refractivity (Wildman–Crippen MR) is 121 cm³/mol. The molecule has 0 fully saturated rings. The number of hydrogen-bond donors (Lipinski definition) is 2. The molecule has 0 atom stereocenters. The van der Waals surface area contributed by atoms with Crippen molar-refractivity contribution in [3.05, 3.63) is 52.3 Å². The molecule has 1 aromatic heterocycles. The van der Waals surface area contributed by atoms with Gasteiger partial charge in [-0.05, 0) is 47.7 Å². The number of aromatic nitrogens is 1. The Hall–Kier alpha value is -2.51. The lowest BCUT2D eigenvalue weighted by Crippen LogP contribution is -2.43. The lowest BCUT2D eigenvalue weighted by molar-refractivity contribution is 0.256. The van der Waals surface area contributed by atoms with E-state index in [1.807, 2.05) is 12.1 Å². The third-order valence-electron chi connectivity index (χ3n) is 5.24. The van der Waals surface area contributed by atoms with Crippen molar-refractivity contribution in [1.29, 1.82) is 0 Å². The number of aliphatic imine (C=N–C) groups is 1. The van der Waals surface area contributed by atoms with Gasteiger partial charge < -0.3 is 20.1 Å². The Kier molecular flexibility index (Phi) is 8.16. The highest BCUT2D eigenvalue weighted by molar-refractivity contribution is 6.29. The van der Waals surface area contributed by atoms with Gasteiger partial charge in [-0.15, -0.1) is 0 Å². The molecule has 0 saturated carbocycles. The molecule has 2 aromatic rings. The normalized spacial score (nSPS) is 14.2. The summed E-state index contributed by atoms with van der Waals surface area (Å²) in [6, 6.07) is 8.00. The van der Waals surface area contributed by atoms with Crippen LogP contribution < -0.4 is 20.1 Å². The second-order valence-corrected chi connectivity index (χ2v) is 7.55. The van der Waals surface area contributed by atoms with Crippen LogP contribution in [0.1, 0.15) is 16.7 Å². The van der Waals surface area contributed by atoms with Crippen LogP contribution in [0, 0.1) is 0 Å². The second kappa shape index (κ2) is 11.0. The fourth-order valence-corrected chi connectivity index (χ4v) is 3.68. The number of hydrogen-bond acceptors (Lipinski definition) is 5. The first-order valence-corrected chi connectivity index (χ1v) is 10.5. The molecule has 8 heteroatoms. The number of ether oxygens (including phenoxy) is 2. The van der Waals surface area contributed by atoms with E-state index in [-0.39, 0.29) is 0 Å². The van der Waals surface area contributed by atoms with E-state index in [2.05, 4.69) is 37.6 Å². The molecule has 2 N–H and O–H groups in total. The van der Waals surface area contributed by atoms with Gasteiger partial charge >= 0.3 is 0 Å². The van der Waals surface area contributed by atoms with Gasteiger partial charge in [-0.2, -0.15) is 0 Å². The molecule has 30 heavy (non-hydrogen) atoms. The first kappa shape index (κ1) is 22.2. The molecule has 1 aliphatic heterocycles. The summed E-state index contributed by atoms with van der Waals surface area (Å²) in [5, 5.41) is 7.25. The molecule has 0 aliphatic carbocycles. The molecule has 7 nitrogen and oxygen atoms in total. The quantitative estimate of drug-likeness (QED) is 0.380. The third-order valence-corrected chi connectivity index (χ3v) is 5.46. The molecule has 1 aromatic carbocycles. The number of guanidine groups is 1. The minimum Gasteiger partial charge on any atom is -0.493 e. The molecule has 2 heterocycles. The third kappa shape index (κ3) is 6.00. The molecular formula is C22H30ClN5O2. The van der Waals surface area contributed by atoms with Gasteiger partial charge in [0.1, 0.15) is 5.15 Å². The van der Waals surface area contributed by atoms with E-state index in [1.165, 1.54) is 11.1 Å². The molecule has 0 amide bonds. The summed E-state index contributed by atoms with van der Waals surface area (Å²) in [6.45, 7) is 4.48. The van der Waals surface area contributed by atoms with Crippen LogP contribution in [0.3, 0.4) is 0 Å². The maximum atomic E-state index is 5.82. The number of methoxy groups -OCH3 is 2. The summed E-state index contributed by atoms with van der Waals surface area (Å²) in [6.07, 6.45) is 3.68. The summed E-state index contributed by atoms with van der Waals surface area (Å²) in [4.78, 5) is 10.8. The monoisotopic (exact) mass is 431 g/mol. The van der Waals surface area contributed by atoms with Gasteiger partial charge in [0.15, 0.2) is 17.5 Å². The van der Waals surface area contributed by atoms with Gasteiger partial charge in [-0.3, -0.25) is 9.89 Å². The van der Waals surface area contributed by atoms with Crippen LogP contribution in [0.2, 0.25) is 5.15 Å². The molecule has 0 bridgehead atoms. The Morgan fingerprint density at radius 2 is 1.87 bits per heavy atom. The van der Waals surface area contributed by atoms with Crippen molar-refractivity contribution in [3.63, 3.8) is 0 Å². The van der Waals surface area contributed by atoms with Gasteiger partial charge in [0, 0.05) is 46.0 Å². The predicted octanol–water partition coefficient (Wildman–Crippen LogP) is 2.52. The van der Waals surface area contributed by atoms with Crippen molar-refractivity contribution in [2.24, 2.45) is 4.99 Å². The number of pyridine rings is 1. The van der Waals surface area contributed by atoms with Crippen molar-refractivity contribution in [2.45, 2.75) is 19.4 Å². The fourth-order valence-electron chi connectivity index (χ4n) is 3.57. The summed E-state index contributed by atoms with van der Waals surface area (Å²) < 4.78 is 10.9. The lowest BCUT2D eigenvalue weighted by atomic mass is 9.99. The Morgan fingerprint density at radius 1 is 1.13 bits per heavy atom. The Labute approximate surface area is 183 Å². The van der Waals surface area contributed by atoms with Crippen molar-refractivity contribution in [1.82, 2.24) is 20.5 Å². The fraction of sp³-hybridized carbons (Fsp3) is 0.455. The first-order valence-electron chi connectivity index (χ1n) is 10.1. The maximum Gasteiger partial charge on any atom is 0.191 e. The van der Waals surface area contributed by atoms with E-state index in [4.69, 9.17) is 21.1 Å². The average Bonchev–Trinajstić information content (AvgIpc) is 2.78. The van der Waals surface area contributed by atoms with E-state index in [1.54, 1.807) is 27.5 Å². The number of halogens is 1. The largest absolute Gasteiger partial charge is 0.493 e. The topological polar surface area (TPSA) is 71.0 Å². The summed E-state index contributed by atoms with van der Waals surface area (Å²) >= 11 is 5.82. The number of fused-ring (bicyclic) bond motifs is 1. The molecule has 162 valence electrons. The van der Waals surface area contributed by atoms with E-state index >= 15 is 0 Å². The summed E-state index contributed by atoms with van der Waals surface area (Å²) in [7, 11) is 5.14. The highest BCUT2D eigenvalue weighted by atomic mass is 35.5. The van der Waals surface area contributed by atoms with Crippen LogP contribution in [0.15, 0.2) is 35.5 Å². The number of benzene rings is 1. The van der Waals surface area contributed by atoms with Crippen molar-refractivity contribution >= 4 is 17.6 Å².